The molecule has 5 nitrogen and oxygen atoms in total. The summed E-state index contributed by atoms with van der Waals surface area (Å²) in [4.78, 5) is 27.2. The van der Waals surface area contributed by atoms with Crippen molar-refractivity contribution in [2.75, 3.05) is 6.54 Å². The van der Waals surface area contributed by atoms with Crippen LogP contribution >= 0.6 is 11.3 Å². The van der Waals surface area contributed by atoms with Crippen molar-refractivity contribution in [3.05, 3.63) is 16.1 Å². The number of hydrogen-bond acceptors (Lipinski definition) is 4. The van der Waals surface area contributed by atoms with E-state index in [0.29, 0.717) is 12.3 Å². The topological polar surface area (TPSA) is 79.3 Å². The van der Waals surface area contributed by atoms with Gasteiger partial charge in [0, 0.05) is 11.9 Å². The van der Waals surface area contributed by atoms with Gasteiger partial charge in [-0.3, -0.25) is 9.59 Å². The van der Waals surface area contributed by atoms with Crippen LogP contribution in [0.2, 0.25) is 0 Å². The normalized spacial score (nSPS) is 12.4. The smallest absolute Gasteiger partial charge is 0.308 e. The molecule has 0 aromatic carbocycles. The van der Waals surface area contributed by atoms with Crippen LogP contribution in [0.25, 0.3) is 0 Å². The third-order valence-corrected chi connectivity index (χ3v) is 3.94. The fourth-order valence-electron chi connectivity index (χ4n) is 1.90. The summed E-state index contributed by atoms with van der Waals surface area (Å²) in [5.41, 5.74) is 0.750. The highest BCUT2D eigenvalue weighted by atomic mass is 32.1. The molecule has 0 spiro atoms. The van der Waals surface area contributed by atoms with E-state index >= 15 is 0 Å². The largest absolute Gasteiger partial charge is 0.481 e. The molecule has 1 amide bonds. The van der Waals surface area contributed by atoms with Crippen LogP contribution in [-0.4, -0.2) is 28.5 Å². The van der Waals surface area contributed by atoms with Crippen LogP contribution in [0.5, 0.6) is 0 Å². The zero-order chi connectivity index (χ0) is 15.1. The van der Waals surface area contributed by atoms with E-state index < -0.39 is 11.9 Å². The molecule has 1 aromatic rings. The second kappa shape index (κ2) is 7.99. The highest BCUT2D eigenvalue weighted by molar-refractivity contribution is 7.09. The second-order valence-electron chi connectivity index (χ2n) is 5.23. The van der Waals surface area contributed by atoms with E-state index in [0.717, 1.165) is 17.1 Å². The maximum atomic E-state index is 11.8. The van der Waals surface area contributed by atoms with Gasteiger partial charge in [0.05, 0.1) is 23.0 Å². The first-order valence-electron chi connectivity index (χ1n) is 6.85. The van der Waals surface area contributed by atoms with Crippen molar-refractivity contribution in [3.63, 3.8) is 0 Å². The van der Waals surface area contributed by atoms with E-state index in [1.807, 2.05) is 26.2 Å². The van der Waals surface area contributed by atoms with Gasteiger partial charge in [0.1, 0.15) is 0 Å². The van der Waals surface area contributed by atoms with Gasteiger partial charge in [0.25, 0.3) is 0 Å². The van der Waals surface area contributed by atoms with Crippen LogP contribution < -0.4 is 5.32 Å². The van der Waals surface area contributed by atoms with Crippen molar-refractivity contribution in [2.24, 2.45) is 11.8 Å². The van der Waals surface area contributed by atoms with Gasteiger partial charge in [0.15, 0.2) is 0 Å². The Morgan fingerprint density at radius 3 is 2.65 bits per heavy atom. The standard InChI is InChI=1S/C14H22N2O3S/c1-4-13-16-11(8-20-13)6-12(17)15-7-10(14(18)19)5-9(2)3/h8-10H,4-7H2,1-3H3,(H,15,17)(H,18,19). The monoisotopic (exact) mass is 298 g/mol. The van der Waals surface area contributed by atoms with Gasteiger partial charge in [-0.2, -0.15) is 0 Å². The van der Waals surface area contributed by atoms with Gasteiger partial charge in [-0.15, -0.1) is 11.3 Å². The van der Waals surface area contributed by atoms with E-state index in [1.54, 1.807) is 11.3 Å². The van der Waals surface area contributed by atoms with E-state index in [4.69, 9.17) is 5.11 Å². The van der Waals surface area contributed by atoms with Crippen LogP contribution in [-0.2, 0) is 22.4 Å². The third-order valence-electron chi connectivity index (χ3n) is 2.89. The number of hydrogen-bond donors (Lipinski definition) is 2. The first-order valence-corrected chi connectivity index (χ1v) is 7.73. The Labute approximate surface area is 123 Å². The number of carbonyl (C=O) groups excluding carboxylic acids is 1. The van der Waals surface area contributed by atoms with Gasteiger partial charge >= 0.3 is 5.97 Å². The molecule has 0 fully saturated rings. The van der Waals surface area contributed by atoms with Gasteiger partial charge in [-0.1, -0.05) is 20.8 Å². The van der Waals surface area contributed by atoms with Crippen LogP contribution in [0.1, 0.15) is 37.9 Å². The van der Waals surface area contributed by atoms with Crippen LogP contribution in [0, 0.1) is 11.8 Å². The number of rotatable bonds is 8. The zero-order valence-electron chi connectivity index (χ0n) is 12.2. The minimum atomic E-state index is -0.860. The first kappa shape index (κ1) is 16.6. The SMILES string of the molecule is CCc1nc(CC(=O)NCC(CC(C)C)C(=O)O)cs1. The first-order chi connectivity index (χ1) is 9.42. The van der Waals surface area contributed by atoms with Gasteiger partial charge in [-0.25, -0.2) is 4.98 Å². The summed E-state index contributed by atoms with van der Waals surface area (Å²) in [6, 6.07) is 0. The molecule has 1 aromatic heterocycles. The Morgan fingerprint density at radius 1 is 1.45 bits per heavy atom. The van der Waals surface area contributed by atoms with Crippen LogP contribution in [0.15, 0.2) is 5.38 Å². The second-order valence-corrected chi connectivity index (χ2v) is 6.17. The predicted octanol–water partition coefficient (Wildman–Crippen LogP) is 2.11. The zero-order valence-corrected chi connectivity index (χ0v) is 13.0. The van der Waals surface area contributed by atoms with Gasteiger partial charge < -0.3 is 10.4 Å². The van der Waals surface area contributed by atoms with Crippen molar-refractivity contribution in [2.45, 2.75) is 40.0 Å². The average Bonchev–Trinajstić information content (AvgIpc) is 2.81. The molecule has 0 saturated heterocycles. The molecule has 6 heteroatoms. The van der Waals surface area contributed by atoms with Crippen molar-refractivity contribution in [3.8, 4) is 0 Å². The maximum absolute atomic E-state index is 11.8. The fourth-order valence-corrected chi connectivity index (χ4v) is 2.64. The lowest BCUT2D eigenvalue weighted by Gasteiger charge is -2.15. The van der Waals surface area contributed by atoms with E-state index in [9.17, 15) is 9.59 Å². The molecule has 0 aliphatic heterocycles. The summed E-state index contributed by atoms with van der Waals surface area (Å²) in [6.45, 7) is 6.14. The Morgan fingerprint density at radius 2 is 2.15 bits per heavy atom. The number of carbonyl (C=O) groups is 2. The van der Waals surface area contributed by atoms with E-state index in [1.165, 1.54) is 0 Å². The van der Waals surface area contributed by atoms with Crippen molar-refractivity contribution in [1.29, 1.82) is 0 Å². The maximum Gasteiger partial charge on any atom is 0.308 e. The summed E-state index contributed by atoms with van der Waals surface area (Å²) >= 11 is 1.54. The number of aryl methyl sites for hydroxylation is 1. The molecular formula is C14H22N2O3S. The molecule has 20 heavy (non-hydrogen) atoms. The number of carboxylic acids is 1. The van der Waals surface area contributed by atoms with E-state index in [2.05, 4.69) is 10.3 Å². The number of carboxylic acid groups (broad SMARTS) is 1. The summed E-state index contributed by atoms with van der Waals surface area (Å²) in [7, 11) is 0. The molecule has 2 N–H and O–H groups in total. The van der Waals surface area contributed by atoms with E-state index in [-0.39, 0.29) is 18.9 Å². The minimum absolute atomic E-state index is 0.173. The summed E-state index contributed by atoms with van der Waals surface area (Å²) in [5, 5.41) is 14.7. The van der Waals surface area contributed by atoms with Crippen LogP contribution in [0.3, 0.4) is 0 Å². The molecule has 1 unspecified atom stereocenters. The van der Waals surface area contributed by atoms with Gasteiger partial charge in [-0.05, 0) is 18.8 Å². The summed E-state index contributed by atoms with van der Waals surface area (Å²) in [5.74, 6) is -1.27. The average molecular weight is 298 g/mol. The molecule has 1 atom stereocenters. The predicted molar refractivity (Wildman–Crippen MR) is 78.8 cm³/mol. The highest BCUT2D eigenvalue weighted by Crippen LogP contribution is 2.12. The minimum Gasteiger partial charge on any atom is -0.481 e. The molecule has 0 bridgehead atoms. The molecule has 1 heterocycles. The molecule has 0 radical (unpaired) electrons. The lowest BCUT2D eigenvalue weighted by atomic mass is 9.97. The van der Waals surface area contributed by atoms with Crippen molar-refractivity contribution >= 4 is 23.2 Å². The van der Waals surface area contributed by atoms with Crippen molar-refractivity contribution in [1.82, 2.24) is 10.3 Å². The lowest BCUT2D eigenvalue weighted by molar-refractivity contribution is -0.142. The highest BCUT2D eigenvalue weighted by Gasteiger charge is 2.19. The Kier molecular flexibility index (Phi) is 6.64. The lowest BCUT2D eigenvalue weighted by Crippen LogP contribution is -2.34. The number of amides is 1. The summed E-state index contributed by atoms with van der Waals surface area (Å²) < 4.78 is 0. The molecule has 0 saturated carbocycles. The number of nitrogens with one attached hydrogen (secondary N) is 1. The number of aliphatic carboxylic acids is 1. The number of aromatic nitrogens is 1. The molecular weight excluding hydrogens is 276 g/mol. The number of thiazole rings is 1. The molecule has 0 aliphatic carbocycles. The van der Waals surface area contributed by atoms with Crippen molar-refractivity contribution < 1.29 is 14.7 Å². The summed E-state index contributed by atoms with van der Waals surface area (Å²) in [6.07, 6.45) is 1.64. The fraction of sp³-hybridized carbons (Fsp3) is 0.643. The molecule has 0 aliphatic rings. The van der Waals surface area contributed by atoms with Crippen LogP contribution in [0.4, 0.5) is 0 Å². The molecule has 1 rings (SSSR count). The Balaban J connectivity index is 2.43. The number of nitrogens with zero attached hydrogens (tertiary/aromatic N) is 1. The Bertz CT molecular complexity index is 457. The quantitative estimate of drug-likeness (QED) is 0.770. The Hall–Kier alpha value is -1.43. The van der Waals surface area contributed by atoms with Gasteiger partial charge in [0.2, 0.25) is 5.91 Å². The molecule has 112 valence electrons. The third kappa shape index (κ3) is 5.69.